The zero-order valence-electron chi connectivity index (χ0n) is 5.00. The van der Waals surface area contributed by atoms with Gasteiger partial charge in [-0.3, -0.25) is 4.98 Å². The predicted molar refractivity (Wildman–Crippen MR) is 41.1 cm³/mol. The molecule has 3 nitrogen and oxygen atoms in total. The van der Waals surface area contributed by atoms with Gasteiger partial charge in [-0.25, -0.2) is 0 Å². The molecule has 1 aromatic heterocycles. The molecule has 2 N–H and O–H groups in total. The number of hydrogen-bond acceptors (Lipinski definition) is 3. The molecule has 1 rings (SSSR count). The first-order chi connectivity index (χ1) is 4.75. The molecule has 0 amide bonds. The van der Waals surface area contributed by atoms with Gasteiger partial charge in [0.15, 0.2) is 0 Å². The molecule has 0 saturated carbocycles. The van der Waals surface area contributed by atoms with Crippen molar-refractivity contribution in [1.82, 2.24) is 4.98 Å². The highest BCUT2D eigenvalue weighted by atomic mass is 79.9. The Morgan fingerprint density at radius 1 is 1.60 bits per heavy atom. The molecule has 0 unspecified atom stereocenters. The maximum atomic E-state index is 8.51. The molecule has 0 aliphatic rings. The maximum absolute atomic E-state index is 8.51. The number of hydrogen-bond donors (Lipinski definition) is 1. The number of nitrogens with zero attached hydrogens (tertiary/aromatic N) is 2. The Kier molecular flexibility index (Phi) is 1.88. The fraction of sp³-hybridized carbons (Fsp3) is 0. The van der Waals surface area contributed by atoms with Gasteiger partial charge in [-0.2, -0.15) is 5.26 Å². The van der Waals surface area contributed by atoms with E-state index in [1.54, 1.807) is 0 Å². The second-order valence-corrected chi connectivity index (χ2v) is 2.55. The molecule has 0 radical (unpaired) electrons. The lowest BCUT2D eigenvalue weighted by atomic mass is 10.2. The average Bonchev–Trinajstić information content (AvgIpc) is 1.88. The zero-order valence-corrected chi connectivity index (χ0v) is 6.59. The van der Waals surface area contributed by atoms with Crippen LogP contribution in [0.1, 0.15) is 5.56 Å². The van der Waals surface area contributed by atoms with E-state index in [0.717, 1.165) is 0 Å². The Bertz CT molecular complexity index is 269. The molecular formula is C6H4BrN3. The van der Waals surface area contributed by atoms with Gasteiger partial charge in [0.25, 0.3) is 0 Å². The van der Waals surface area contributed by atoms with Crippen LogP contribution in [0.15, 0.2) is 16.9 Å². The van der Waals surface area contributed by atoms with Crippen LogP contribution in [-0.2, 0) is 0 Å². The van der Waals surface area contributed by atoms with E-state index in [4.69, 9.17) is 11.0 Å². The summed E-state index contributed by atoms with van der Waals surface area (Å²) in [5.74, 6) is 0. The Labute approximate surface area is 66.6 Å². The normalized spacial score (nSPS) is 8.80. The van der Waals surface area contributed by atoms with Crippen molar-refractivity contribution in [1.29, 1.82) is 5.26 Å². The Morgan fingerprint density at radius 3 is 2.70 bits per heavy atom. The van der Waals surface area contributed by atoms with Gasteiger partial charge >= 0.3 is 0 Å². The molecule has 0 atom stereocenters. The summed E-state index contributed by atoms with van der Waals surface area (Å²) < 4.78 is 0.634. The highest BCUT2D eigenvalue weighted by Crippen LogP contribution is 2.18. The molecule has 50 valence electrons. The first-order valence-electron chi connectivity index (χ1n) is 2.55. The average molecular weight is 198 g/mol. The van der Waals surface area contributed by atoms with Gasteiger partial charge in [0.1, 0.15) is 6.07 Å². The van der Waals surface area contributed by atoms with E-state index < -0.39 is 0 Å². The summed E-state index contributed by atoms with van der Waals surface area (Å²) in [4.78, 5) is 3.77. The van der Waals surface area contributed by atoms with Crippen LogP contribution in [0.3, 0.4) is 0 Å². The molecule has 0 fully saturated rings. The number of anilines is 1. The van der Waals surface area contributed by atoms with Crippen LogP contribution >= 0.6 is 15.9 Å². The van der Waals surface area contributed by atoms with Crippen LogP contribution in [0.5, 0.6) is 0 Å². The van der Waals surface area contributed by atoms with Crippen LogP contribution in [0.2, 0.25) is 0 Å². The summed E-state index contributed by atoms with van der Waals surface area (Å²) in [5.41, 5.74) is 6.26. The number of aromatic nitrogens is 1. The minimum atomic E-state index is 0.400. The van der Waals surface area contributed by atoms with E-state index in [2.05, 4.69) is 20.9 Å². The van der Waals surface area contributed by atoms with Gasteiger partial charge in [0, 0.05) is 6.20 Å². The van der Waals surface area contributed by atoms with E-state index >= 15 is 0 Å². The summed E-state index contributed by atoms with van der Waals surface area (Å²) in [6, 6.07) is 1.95. The van der Waals surface area contributed by atoms with Crippen molar-refractivity contribution in [3.63, 3.8) is 0 Å². The number of nitriles is 1. The van der Waals surface area contributed by atoms with E-state index in [-0.39, 0.29) is 0 Å². The van der Waals surface area contributed by atoms with Crippen molar-refractivity contribution < 1.29 is 0 Å². The van der Waals surface area contributed by atoms with E-state index in [0.29, 0.717) is 15.7 Å². The number of nitrogens with two attached hydrogens (primary N) is 1. The molecule has 0 bridgehead atoms. The second kappa shape index (κ2) is 2.67. The smallest absolute Gasteiger partial charge is 0.103 e. The summed E-state index contributed by atoms with van der Waals surface area (Å²) in [7, 11) is 0. The number of pyridine rings is 1. The zero-order chi connectivity index (χ0) is 7.56. The summed E-state index contributed by atoms with van der Waals surface area (Å²) >= 11 is 3.14. The fourth-order valence-electron chi connectivity index (χ4n) is 0.568. The number of rotatable bonds is 0. The molecule has 0 aromatic carbocycles. The van der Waals surface area contributed by atoms with E-state index in [9.17, 15) is 0 Å². The fourth-order valence-corrected chi connectivity index (χ4v) is 1.00. The Balaban J connectivity index is 3.34. The summed E-state index contributed by atoms with van der Waals surface area (Å²) in [5, 5.41) is 8.51. The van der Waals surface area contributed by atoms with Crippen LogP contribution in [0, 0.1) is 11.3 Å². The Hall–Kier alpha value is -1.08. The Morgan fingerprint density at radius 2 is 2.30 bits per heavy atom. The summed E-state index contributed by atoms with van der Waals surface area (Å²) in [6.07, 6.45) is 2.98. The van der Waals surface area contributed by atoms with Gasteiger partial charge in [0.2, 0.25) is 0 Å². The van der Waals surface area contributed by atoms with Crippen molar-refractivity contribution in [2.75, 3.05) is 5.73 Å². The lowest BCUT2D eigenvalue weighted by Gasteiger charge is -1.95. The molecular weight excluding hydrogens is 194 g/mol. The molecule has 10 heavy (non-hydrogen) atoms. The van der Waals surface area contributed by atoms with E-state index in [1.165, 1.54) is 12.4 Å². The van der Waals surface area contributed by atoms with Gasteiger partial charge in [0.05, 0.1) is 21.9 Å². The molecule has 4 heteroatoms. The largest absolute Gasteiger partial charge is 0.396 e. The van der Waals surface area contributed by atoms with Gasteiger partial charge in [-0.1, -0.05) is 0 Å². The number of nitrogen functional groups attached to an aromatic ring is 1. The molecule has 0 spiro atoms. The van der Waals surface area contributed by atoms with Crippen LogP contribution in [-0.4, -0.2) is 4.98 Å². The van der Waals surface area contributed by atoms with E-state index in [1.807, 2.05) is 6.07 Å². The van der Waals surface area contributed by atoms with Crippen molar-refractivity contribution in [3.8, 4) is 6.07 Å². The van der Waals surface area contributed by atoms with Crippen LogP contribution < -0.4 is 5.73 Å². The number of halogens is 1. The molecule has 0 aliphatic heterocycles. The minimum absolute atomic E-state index is 0.400. The maximum Gasteiger partial charge on any atom is 0.103 e. The third-order valence-electron chi connectivity index (χ3n) is 1.04. The van der Waals surface area contributed by atoms with Crippen molar-refractivity contribution in [3.05, 3.63) is 22.4 Å². The molecule has 1 aromatic rings. The quantitative estimate of drug-likeness (QED) is 0.683. The summed E-state index contributed by atoms with van der Waals surface area (Å²) in [6.45, 7) is 0. The molecule has 0 aliphatic carbocycles. The minimum Gasteiger partial charge on any atom is -0.396 e. The lowest BCUT2D eigenvalue weighted by molar-refractivity contribution is 1.29. The first-order valence-corrected chi connectivity index (χ1v) is 3.34. The van der Waals surface area contributed by atoms with Crippen molar-refractivity contribution >= 4 is 21.6 Å². The highest BCUT2D eigenvalue weighted by Gasteiger charge is 2.01. The van der Waals surface area contributed by atoms with Crippen molar-refractivity contribution in [2.45, 2.75) is 0 Å². The third kappa shape index (κ3) is 1.09. The standard InChI is InChI=1S/C6H4BrN3/c7-5-2-10-3-6(9)4(5)1-8/h2-3H,9H2. The predicted octanol–water partition coefficient (Wildman–Crippen LogP) is 1.30. The first kappa shape index (κ1) is 7.03. The topological polar surface area (TPSA) is 62.7 Å². The van der Waals surface area contributed by atoms with Gasteiger partial charge < -0.3 is 5.73 Å². The highest BCUT2D eigenvalue weighted by molar-refractivity contribution is 9.10. The third-order valence-corrected chi connectivity index (χ3v) is 1.64. The monoisotopic (exact) mass is 197 g/mol. The SMILES string of the molecule is N#Cc1c(N)cncc1Br. The molecule has 0 saturated heterocycles. The van der Waals surface area contributed by atoms with Gasteiger partial charge in [-0.05, 0) is 15.9 Å². The van der Waals surface area contributed by atoms with Crippen LogP contribution in [0.25, 0.3) is 0 Å². The second-order valence-electron chi connectivity index (χ2n) is 1.70. The lowest BCUT2D eigenvalue weighted by Crippen LogP contribution is -1.91. The molecule has 1 heterocycles. The van der Waals surface area contributed by atoms with Crippen molar-refractivity contribution in [2.24, 2.45) is 0 Å². The van der Waals surface area contributed by atoms with Crippen LogP contribution in [0.4, 0.5) is 5.69 Å². The van der Waals surface area contributed by atoms with Gasteiger partial charge in [-0.15, -0.1) is 0 Å².